The summed E-state index contributed by atoms with van der Waals surface area (Å²) in [7, 11) is 1.62. The van der Waals surface area contributed by atoms with Gasteiger partial charge in [-0.1, -0.05) is 17.8 Å². The van der Waals surface area contributed by atoms with Crippen LogP contribution in [0.4, 0.5) is 5.69 Å². The summed E-state index contributed by atoms with van der Waals surface area (Å²) in [5, 5.41) is 10.4. The smallest absolute Gasteiger partial charge is 0.234 e. The van der Waals surface area contributed by atoms with Gasteiger partial charge in [0.2, 0.25) is 11.1 Å². The standard InChI is InChI=1S/C18H17BrN4O2S/c1-11-3-8-15(14(19)9-11)20-16(24)10-26-18-21-17(22-23-18)12-4-6-13(25-2)7-5-12/h3-9H,10H2,1-2H3,(H,20,24)(H,21,22,23). The molecule has 0 radical (unpaired) electrons. The summed E-state index contributed by atoms with van der Waals surface area (Å²) in [5.74, 6) is 1.54. The first-order valence-electron chi connectivity index (χ1n) is 7.81. The van der Waals surface area contributed by atoms with Crippen LogP contribution in [0.5, 0.6) is 5.75 Å². The summed E-state index contributed by atoms with van der Waals surface area (Å²) in [6, 6.07) is 13.3. The molecule has 0 aliphatic carbocycles. The second kappa shape index (κ2) is 8.37. The van der Waals surface area contributed by atoms with Crippen molar-refractivity contribution in [2.24, 2.45) is 0 Å². The molecular weight excluding hydrogens is 416 g/mol. The lowest BCUT2D eigenvalue weighted by Crippen LogP contribution is -2.14. The number of aryl methyl sites for hydroxylation is 1. The van der Waals surface area contributed by atoms with Crippen LogP contribution in [0, 0.1) is 6.92 Å². The van der Waals surface area contributed by atoms with Crippen molar-refractivity contribution in [2.45, 2.75) is 12.1 Å². The number of aromatic nitrogens is 3. The molecule has 0 bridgehead atoms. The topological polar surface area (TPSA) is 79.9 Å². The number of amides is 1. The first kappa shape index (κ1) is 18.5. The van der Waals surface area contributed by atoms with E-state index in [0.717, 1.165) is 27.0 Å². The number of H-pyrrole nitrogens is 1. The monoisotopic (exact) mass is 432 g/mol. The Bertz CT molecular complexity index is 912. The molecule has 134 valence electrons. The number of carbonyl (C=O) groups is 1. The van der Waals surface area contributed by atoms with Gasteiger partial charge in [0.25, 0.3) is 0 Å². The molecule has 0 fully saturated rings. The number of halogens is 1. The van der Waals surface area contributed by atoms with Crippen LogP contribution in [-0.4, -0.2) is 34.0 Å². The molecule has 2 N–H and O–H groups in total. The van der Waals surface area contributed by atoms with Crippen LogP contribution in [0.15, 0.2) is 52.1 Å². The number of rotatable bonds is 6. The Balaban J connectivity index is 1.58. The molecular formula is C18H17BrN4O2S. The number of nitrogens with zero attached hydrogens (tertiary/aromatic N) is 2. The zero-order valence-electron chi connectivity index (χ0n) is 14.2. The molecule has 0 spiro atoms. The molecule has 1 heterocycles. The van der Waals surface area contributed by atoms with Crippen LogP contribution in [0.1, 0.15) is 5.56 Å². The third-order valence-electron chi connectivity index (χ3n) is 3.56. The molecule has 0 saturated carbocycles. The van der Waals surface area contributed by atoms with Crippen molar-refractivity contribution in [1.82, 2.24) is 15.2 Å². The maximum Gasteiger partial charge on any atom is 0.234 e. The van der Waals surface area contributed by atoms with Gasteiger partial charge in [0.05, 0.1) is 18.6 Å². The fourth-order valence-electron chi connectivity index (χ4n) is 2.23. The Morgan fingerprint density at radius 3 is 2.73 bits per heavy atom. The zero-order chi connectivity index (χ0) is 18.5. The summed E-state index contributed by atoms with van der Waals surface area (Å²) < 4.78 is 6.00. The Kier molecular flexibility index (Phi) is 5.95. The van der Waals surface area contributed by atoms with Crippen LogP contribution in [0.25, 0.3) is 11.4 Å². The van der Waals surface area contributed by atoms with Crippen molar-refractivity contribution in [3.05, 3.63) is 52.5 Å². The average Bonchev–Trinajstić information content (AvgIpc) is 3.11. The fraction of sp³-hybridized carbons (Fsp3) is 0.167. The Morgan fingerprint density at radius 2 is 2.04 bits per heavy atom. The molecule has 2 aromatic carbocycles. The first-order valence-corrected chi connectivity index (χ1v) is 9.58. The van der Waals surface area contributed by atoms with E-state index < -0.39 is 0 Å². The molecule has 3 rings (SSSR count). The third-order valence-corrected chi connectivity index (χ3v) is 5.06. The number of carbonyl (C=O) groups excluding carboxylic acids is 1. The number of hydrogen-bond acceptors (Lipinski definition) is 5. The zero-order valence-corrected chi connectivity index (χ0v) is 16.6. The molecule has 6 nitrogen and oxygen atoms in total. The van der Waals surface area contributed by atoms with Crippen molar-refractivity contribution in [2.75, 3.05) is 18.2 Å². The molecule has 1 amide bonds. The van der Waals surface area contributed by atoms with Gasteiger partial charge in [-0.15, -0.1) is 5.10 Å². The highest BCUT2D eigenvalue weighted by Gasteiger charge is 2.10. The average molecular weight is 433 g/mol. The minimum absolute atomic E-state index is 0.115. The largest absolute Gasteiger partial charge is 0.497 e. The van der Waals surface area contributed by atoms with Crippen molar-refractivity contribution in [3.8, 4) is 17.1 Å². The number of benzene rings is 2. The summed E-state index contributed by atoms with van der Waals surface area (Å²) in [6.45, 7) is 2.00. The Labute approximate surface area is 163 Å². The maximum absolute atomic E-state index is 12.1. The molecule has 0 aliphatic heterocycles. The third kappa shape index (κ3) is 4.64. The van der Waals surface area contributed by atoms with Crippen LogP contribution in [0.2, 0.25) is 0 Å². The summed E-state index contributed by atoms with van der Waals surface area (Å²) in [4.78, 5) is 16.5. The molecule has 0 atom stereocenters. The van der Waals surface area contributed by atoms with Gasteiger partial charge >= 0.3 is 0 Å². The molecule has 3 aromatic rings. The van der Waals surface area contributed by atoms with Gasteiger partial charge in [0.15, 0.2) is 5.82 Å². The SMILES string of the molecule is COc1ccc(-c2nc(SCC(=O)Nc3ccc(C)cc3Br)n[nH]2)cc1. The quantitative estimate of drug-likeness (QED) is 0.568. The van der Waals surface area contributed by atoms with Crippen molar-refractivity contribution < 1.29 is 9.53 Å². The van der Waals surface area contributed by atoms with E-state index in [1.54, 1.807) is 7.11 Å². The Morgan fingerprint density at radius 1 is 1.27 bits per heavy atom. The predicted octanol–water partition coefficient (Wildman–Crippen LogP) is 4.28. The molecule has 0 unspecified atom stereocenters. The van der Waals surface area contributed by atoms with Gasteiger partial charge in [-0.3, -0.25) is 9.89 Å². The lowest BCUT2D eigenvalue weighted by atomic mass is 10.2. The number of hydrogen-bond donors (Lipinski definition) is 2. The van der Waals surface area contributed by atoms with E-state index in [9.17, 15) is 4.79 Å². The van der Waals surface area contributed by atoms with E-state index in [0.29, 0.717) is 11.0 Å². The summed E-state index contributed by atoms with van der Waals surface area (Å²) >= 11 is 4.73. The predicted molar refractivity (Wildman–Crippen MR) is 107 cm³/mol. The number of thioether (sulfide) groups is 1. The van der Waals surface area contributed by atoms with E-state index in [4.69, 9.17) is 4.74 Å². The normalized spacial score (nSPS) is 10.6. The number of nitrogens with one attached hydrogen (secondary N) is 2. The highest BCUT2D eigenvalue weighted by molar-refractivity contribution is 9.10. The number of ether oxygens (including phenoxy) is 1. The summed E-state index contributed by atoms with van der Waals surface area (Å²) in [5.41, 5.74) is 2.77. The van der Waals surface area contributed by atoms with Crippen molar-refractivity contribution in [3.63, 3.8) is 0 Å². The molecule has 0 aliphatic rings. The van der Waals surface area contributed by atoms with Gasteiger partial charge < -0.3 is 10.1 Å². The van der Waals surface area contributed by atoms with E-state index in [1.807, 2.05) is 49.4 Å². The number of aromatic amines is 1. The molecule has 8 heteroatoms. The van der Waals surface area contributed by atoms with Gasteiger partial charge in [-0.25, -0.2) is 4.98 Å². The highest BCUT2D eigenvalue weighted by atomic mass is 79.9. The van der Waals surface area contributed by atoms with E-state index >= 15 is 0 Å². The molecule has 0 saturated heterocycles. The maximum atomic E-state index is 12.1. The second-order valence-electron chi connectivity index (χ2n) is 5.52. The van der Waals surface area contributed by atoms with Gasteiger partial charge in [-0.05, 0) is 64.8 Å². The van der Waals surface area contributed by atoms with E-state index in [2.05, 4.69) is 36.4 Å². The lowest BCUT2D eigenvalue weighted by molar-refractivity contribution is -0.113. The lowest BCUT2D eigenvalue weighted by Gasteiger charge is -2.07. The fourth-order valence-corrected chi connectivity index (χ4v) is 3.42. The highest BCUT2D eigenvalue weighted by Crippen LogP contribution is 2.24. The van der Waals surface area contributed by atoms with E-state index in [-0.39, 0.29) is 11.7 Å². The summed E-state index contributed by atoms with van der Waals surface area (Å²) in [6.07, 6.45) is 0. The van der Waals surface area contributed by atoms with E-state index in [1.165, 1.54) is 11.8 Å². The molecule has 26 heavy (non-hydrogen) atoms. The van der Waals surface area contributed by atoms with Gasteiger partial charge in [0.1, 0.15) is 5.75 Å². The number of methoxy groups -OCH3 is 1. The van der Waals surface area contributed by atoms with Gasteiger partial charge in [-0.2, -0.15) is 0 Å². The second-order valence-corrected chi connectivity index (χ2v) is 7.31. The van der Waals surface area contributed by atoms with Crippen molar-refractivity contribution >= 4 is 39.3 Å². The number of anilines is 1. The first-order chi connectivity index (χ1) is 12.5. The van der Waals surface area contributed by atoms with Crippen LogP contribution in [0.3, 0.4) is 0 Å². The molecule has 1 aromatic heterocycles. The van der Waals surface area contributed by atoms with Gasteiger partial charge in [0, 0.05) is 10.0 Å². The van der Waals surface area contributed by atoms with Crippen molar-refractivity contribution in [1.29, 1.82) is 0 Å². The minimum Gasteiger partial charge on any atom is -0.497 e. The van der Waals surface area contributed by atoms with Crippen LogP contribution in [-0.2, 0) is 4.79 Å². The van der Waals surface area contributed by atoms with Crippen LogP contribution >= 0.6 is 27.7 Å². The Hall–Kier alpha value is -2.32. The van der Waals surface area contributed by atoms with Crippen LogP contribution < -0.4 is 10.1 Å². The minimum atomic E-state index is -0.115.